The fourth-order valence-corrected chi connectivity index (χ4v) is 4.15. The van der Waals surface area contributed by atoms with Gasteiger partial charge in [0.15, 0.2) is 12.0 Å². The Labute approximate surface area is 208 Å². The maximum Gasteiger partial charge on any atom is 0.273 e. The SMILES string of the molecule is CC(Cn1ccc(-c2ccc(C#N)c(Cl)c2)n1)NC(=O)c1cc(CC(C)O[C@H]2CCCCO2)on1. The van der Waals surface area contributed by atoms with E-state index in [-0.39, 0.29) is 30.0 Å². The van der Waals surface area contributed by atoms with E-state index in [1.807, 2.05) is 32.2 Å². The average molecular weight is 498 g/mol. The van der Waals surface area contributed by atoms with Crippen molar-refractivity contribution in [3.05, 3.63) is 58.6 Å². The fourth-order valence-electron chi connectivity index (χ4n) is 3.93. The lowest BCUT2D eigenvalue weighted by Crippen LogP contribution is -2.36. The summed E-state index contributed by atoms with van der Waals surface area (Å²) in [4.78, 5) is 12.6. The Hall–Kier alpha value is -3.19. The van der Waals surface area contributed by atoms with Gasteiger partial charge in [-0.3, -0.25) is 9.48 Å². The number of hydrogen-bond acceptors (Lipinski definition) is 7. The molecule has 1 saturated heterocycles. The highest BCUT2D eigenvalue weighted by molar-refractivity contribution is 6.32. The topological polar surface area (TPSA) is 115 Å². The van der Waals surface area contributed by atoms with E-state index < -0.39 is 0 Å². The molecule has 3 heterocycles. The first-order valence-electron chi connectivity index (χ1n) is 11.7. The van der Waals surface area contributed by atoms with E-state index in [1.54, 1.807) is 28.9 Å². The summed E-state index contributed by atoms with van der Waals surface area (Å²) < 4.78 is 18.6. The van der Waals surface area contributed by atoms with Crippen LogP contribution >= 0.6 is 11.6 Å². The summed E-state index contributed by atoms with van der Waals surface area (Å²) in [5, 5.41) is 20.8. The van der Waals surface area contributed by atoms with E-state index in [1.165, 1.54) is 0 Å². The van der Waals surface area contributed by atoms with Crippen LogP contribution in [0.25, 0.3) is 11.3 Å². The monoisotopic (exact) mass is 497 g/mol. The number of nitrogens with one attached hydrogen (secondary N) is 1. The summed E-state index contributed by atoms with van der Waals surface area (Å²) in [7, 11) is 0. The molecule has 1 aliphatic rings. The van der Waals surface area contributed by atoms with Crippen molar-refractivity contribution in [1.29, 1.82) is 5.26 Å². The van der Waals surface area contributed by atoms with E-state index in [2.05, 4.69) is 15.6 Å². The minimum atomic E-state index is -0.317. The van der Waals surface area contributed by atoms with Gasteiger partial charge in [0.2, 0.25) is 0 Å². The highest BCUT2D eigenvalue weighted by Gasteiger charge is 2.20. The molecule has 0 saturated carbocycles. The van der Waals surface area contributed by atoms with Crippen LogP contribution in [-0.4, -0.2) is 45.9 Å². The van der Waals surface area contributed by atoms with Gasteiger partial charge >= 0.3 is 0 Å². The Bertz CT molecular complexity index is 1190. The second-order valence-corrected chi connectivity index (χ2v) is 9.14. The standard InChI is InChI=1S/C25H28ClN5O4/c1-16(15-31-9-8-22(29-31)18-6-7-19(14-27)21(26)12-18)28-25(32)23-13-20(35-30-23)11-17(2)34-24-5-3-4-10-33-24/h6-9,12-13,16-17,24H,3-5,10-11,15H2,1-2H3,(H,28,32)/t16?,17?,24-/m0/s1. The number of hydrogen-bond donors (Lipinski definition) is 1. The Balaban J connectivity index is 1.28. The largest absolute Gasteiger partial charge is 0.361 e. The first-order chi connectivity index (χ1) is 16.9. The van der Waals surface area contributed by atoms with Crippen molar-refractivity contribution >= 4 is 17.5 Å². The predicted molar refractivity (Wildman–Crippen MR) is 129 cm³/mol. The maximum absolute atomic E-state index is 12.6. The van der Waals surface area contributed by atoms with Gasteiger partial charge in [-0.2, -0.15) is 10.4 Å². The second-order valence-electron chi connectivity index (χ2n) is 8.73. The number of nitrogens with zero attached hydrogens (tertiary/aromatic N) is 4. The molecule has 3 atom stereocenters. The van der Waals surface area contributed by atoms with Crippen LogP contribution in [0, 0.1) is 11.3 Å². The van der Waals surface area contributed by atoms with Crippen LogP contribution in [0.1, 0.15) is 54.9 Å². The molecule has 10 heteroatoms. The van der Waals surface area contributed by atoms with Crippen molar-refractivity contribution < 1.29 is 18.8 Å². The molecular formula is C25H28ClN5O4. The predicted octanol–water partition coefficient (Wildman–Crippen LogP) is 4.36. The summed E-state index contributed by atoms with van der Waals surface area (Å²) in [6.07, 6.45) is 5.11. The molecule has 0 bridgehead atoms. The molecular weight excluding hydrogens is 470 g/mol. The summed E-state index contributed by atoms with van der Waals surface area (Å²) >= 11 is 6.13. The lowest BCUT2D eigenvalue weighted by Gasteiger charge is -2.25. The molecule has 3 aromatic rings. The van der Waals surface area contributed by atoms with Gasteiger partial charge in [-0.05, 0) is 51.3 Å². The lowest BCUT2D eigenvalue weighted by molar-refractivity contribution is -0.184. The van der Waals surface area contributed by atoms with E-state index in [0.717, 1.165) is 37.1 Å². The fraction of sp³-hybridized carbons (Fsp3) is 0.440. The molecule has 1 fully saturated rings. The molecule has 184 valence electrons. The summed E-state index contributed by atoms with van der Waals surface area (Å²) in [5.74, 6) is 0.270. The van der Waals surface area contributed by atoms with Crippen molar-refractivity contribution in [1.82, 2.24) is 20.3 Å². The molecule has 0 spiro atoms. The first kappa shape index (κ1) is 24.9. The quantitative estimate of drug-likeness (QED) is 0.467. The van der Waals surface area contributed by atoms with E-state index in [4.69, 9.17) is 30.9 Å². The van der Waals surface area contributed by atoms with Gasteiger partial charge in [0.25, 0.3) is 5.91 Å². The van der Waals surface area contributed by atoms with Crippen LogP contribution in [0.3, 0.4) is 0 Å². The van der Waals surface area contributed by atoms with E-state index in [9.17, 15) is 4.79 Å². The third-order valence-corrected chi connectivity index (χ3v) is 5.98. The van der Waals surface area contributed by atoms with Gasteiger partial charge in [0.05, 0.1) is 28.9 Å². The molecule has 1 N–H and O–H groups in total. The van der Waals surface area contributed by atoms with Gasteiger partial charge in [-0.1, -0.05) is 22.8 Å². The number of rotatable bonds is 9. The third kappa shape index (κ3) is 6.69. The van der Waals surface area contributed by atoms with Gasteiger partial charge in [-0.15, -0.1) is 0 Å². The molecule has 0 radical (unpaired) electrons. The second kappa shape index (κ2) is 11.5. The molecule has 0 aliphatic carbocycles. The van der Waals surface area contributed by atoms with Gasteiger partial charge in [-0.25, -0.2) is 0 Å². The lowest BCUT2D eigenvalue weighted by atomic mass is 10.1. The van der Waals surface area contributed by atoms with Crippen LogP contribution < -0.4 is 5.32 Å². The summed E-state index contributed by atoms with van der Waals surface area (Å²) in [5.41, 5.74) is 2.18. The Morgan fingerprint density at radius 3 is 2.94 bits per heavy atom. The molecule has 35 heavy (non-hydrogen) atoms. The number of benzene rings is 1. The van der Waals surface area contributed by atoms with Crippen LogP contribution in [0.2, 0.25) is 5.02 Å². The zero-order valence-corrected chi connectivity index (χ0v) is 20.5. The molecule has 9 nitrogen and oxygen atoms in total. The smallest absolute Gasteiger partial charge is 0.273 e. The Morgan fingerprint density at radius 2 is 2.20 bits per heavy atom. The van der Waals surface area contributed by atoms with Crippen LogP contribution in [-0.2, 0) is 22.4 Å². The molecule has 4 rings (SSSR count). The highest BCUT2D eigenvalue weighted by atomic mass is 35.5. The number of ether oxygens (including phenoxy) is 2. The third-order valence-electron chi connectivity index (χ3n) is 5.67. The zero-order chi connectivity index (χ0) is 24.8. The molecule has 1 amide bonds. The van der Waals surface area contributed by atoms with Gasteiger partial charge in [0.1, 0.15) is 11.8 Å². The number of carbonyl (C=O) groups is 1. The maximum atomic E-state index is 12.6. The number of amides is 1. The molecule has 2 aromatic heterocycles. The number of carbonyl (C=O) groups excluding carboxylic acids is 1. The minimum Gasteiger partial charge on any atom is -0.361 e. The van der Waals surface area contributed by atoms with Crippen LogP contribution in [0.4, 0.5) is 0 Å². The summed E-state index contributed by atoms with van der Waals surface area (Å²) in [6, 6.07) is 10.5. The minimum absolute atomic E-state index is 0.110. The Kier molecular flexibility index (Phi) is 8.18. The van der Waals surface area contributed by atoms with Crippen LogP contribution in [0.5, 0.6) is 0 Å². The molecule has 1 aromatic carbocycles. The number of aromatic nitrogens is 3. The van der Waals surface area contributed by atoms with Crippen molar-refractivity contribution in [2.75, 3.05) is 6.61 Å². The highest BCUT2D eigenvalue weighted by Crippen LogP contribution is 2.24. The Morgan fingerprint density at radius 1 is 1.34 bits per heavy atom. The van der Waals surface area contributed by atoms with Gasteiger partial charge < -0.3 is 19.3 Å². The van der Waals surface area contributed by atoms with Crippen molar-refractivity contribution in [3.63, 3.8) is 0 Å². The first-order valence-corrected chi connectivity index (χ1v) is 12.1. The zero-order valence-electron chi connectivity index (χ0n) is 19.7. The van der Waals surface area contributed by atoms with Crippen molar-refractivity contribution in [2.24, 2.45) is 0 Å². The van der Waals surface area contributed by atoms with Crippen LogP contribution in [0.15, 0.2) is 41.1 Å². The van der Waals surface area contributed by atoms with E-state index >= 15 is 0 Å². The van der Waals surface area contributed by atoms with Crippen molar-refractivity contribution in [2.45, 2.75) is 64.5 Å². The molecule has 1 aliphatic heterocycles. The normalized spacial score (nSPS) is 17.5. The van der Waals surface area contributed by atoms with Crippen molar-refractivity contribution in [3.8, 4) is 17.3 Å². The number of halogens is 1. The average Bonchev–Trinajstić information content (AvgIpc) is 3.49. The summed E-state index contributed by atoms with van der Waals surface area (Å²) in [6.45, 7) is 5.03. The number of nitriles is 1. The van der Waals surface area contributed by atoms with E-state index in [0.29, 0.717) is 29.3 Å². The molecule has 2 unspecified atom stereocenters. The van der Waals surface area contributed by atoms with Gasteiger partial charge in [0, 0.05) is 36.9 Å².